The summed E-state index contributed by atoms with van der Waals surface area (Å²) in [6, 6.07) is 17.4. The molecule has 0 aliphatic heterocycles. The molecular weight excluding hydrogens is 484 g/mol. The van der Waals surface area contributed by atoms with Gasteiger partial charge in [-0.1, -0.05) is 48.9 Å². The van der Waals surface area contributed by atoms with Crippen LogP contribution in [0.2, 0.25) is 5.02 Å². The number of hydrogen-bond donors (Lipinski definition) is 4. The maximum atomic E-state index is 13.8. The van der Waals surface area contributed by atoms with Gasteiger partial charge in [0.25, 0.3) is 5.91 Å². The SMILES string of the molecule is CCc1cccc(CNCC(O)C(Cc2cc(F)cc(F)c2)NC(=O)c2cc3ccc(Cl)cc3[nH]2)c1. The molecule has 0 radical (unpaired) electrons. The molecule has 0 aliphatic carbocycles. The minimum absolute atomic E-state index is 0.0423. The number of H-pyrrole nitrogens is 1. The van der Waals surface area contributed by atoms with Crippen LogP contribution < -0.4 is 10.6 Å². The molecule has 36 heavy (non-hydrogen) atoms. The molecule has 0 saturated heterocycles. The number of rotatable bonds is 10. The summed E-state index contributed by atoms with van der Waals surface area (Å²) < 4.78 is 27.6. The van der Waals surface area contributed by atoms with E-state index < -0.39 is 29.7 Å². The highest BCUT2D eigenvalue weighted by atomic mass is 35.5. The molecule has 1 amide bonds. The summed E-state index contributed by atoms with van der Waals surface area (Å²) in [6.45, 7) is 2.78. The molecule has 8 heteroatoms. The first-order valence-corrected chi connectivity index (χ1v) is 12.2. The van der Waals surface area contributed by atoms with Crippen LogP contribution in [0.3, 0.4) is 0 Å². The van der Waals surface area contributed by atoms with Crippen LogP contribution in [0.1, 0.15) is 34.1 Å². The lowest BCUT2D eigenvalue weighted by Crippen LogP contribution is -2.48. The van der Waals surface area contributed by atoms with Gasteiger partial charge in [-0.2, -0.15) is 0 Å². The zero-order chi connectivity index (χ0) is 25.7. The van der Waals surface area contributed by atoms with Gasteiger partial charge in [0.15, 0.2) is 0 Å². The zero-order valence-corrected chi connectivity index (χ0v) is 20.6. The predicted molar refractivity (Wildman–Crippen MR) is 138 cm³/mol. The second-order valence-corrected chi connectivity index (χ2v) is 9.28. The van der Waals surface area contributed by atoms with Crippen LogP contribution in [0.15, 0.2) is 66.7 Å². The van der Waals surface area contributed by atoms with Gasteiger partial charge in [-0.25, -0.2) is 8.78 Å². The van der Waals surface area contributed by atoms with Crippen LogP contribution in [-0.4, -0.2) is 34.7 Å². The summed E-state index contributed by atoms with van der Waals surface area (Å²) in [5.41, 5.74) is 3.61. The molecule has 0 saturated carbocycles. The molecule has 0 bridgehead atoms. The Kier molecular flexibility index (Phi) is 8.36. The summed E-state index contributed by atoms with van der Waals surface area (Å²) in [5.74, 6) is -1.88. The maximum Gasteiger partial charge on any atom is 0.268 e. The fourth-order valence-corrected chi connectivity index (χ4v) is 4.37. The molecular formula is C28H28ClF2N3O2. The third kappa shape index (κ3) is 6.69. The molecule has 2 unspecified atom stereocenters. The van der Waals surface area contributed by atoms with E-state index in [0.717, 1.165) is 23.4 Å². The summed E-state index contributed by atoms with van der Waals surface area (Å²) in [4.78, 5) is 16.1. The fraction of sp³-hybridized carbons (Fsp3) is 0.250. The van der Waals surface area contributed by atoms with Gasteiger partial charge in [-0.05, 0) is 59.9 Å². The lowest BCUT2D eigenvalue weighted by molar-refractivity contribution is 0.0826. The van der Waals surface area contributed by atoms with E-state index in [2.05, 4.69) is 34.7 Å². The lowest BCUT2D eigenvalue weighted by Gasteiger charge is -2.25. The maximum absolute atomic E-state index is 13.8. The first-order valence-electron chi connectivity index (χ1n) is 11.8. The standard InChI is InChI=1S/C28H28ClF2N3O2/c1-2-17-4-3-5-18(8-17)15-32-16-27(35)25(11-19-9-22(30)14-23(31)10-19)34-28(36)26-12-20-6-7-21(29)13-24(20)33-26/h3-10,12-14,25,27,32-33,35H,2,11,15-16H2,1H3,(H,34,36). The molecule has 0 spiro atoms. The second-order valence-electron chi connectivity index (χ2n) is 8.85. The van der Waals surface area contributed by atoms with E-state index in [-0.39, 0.29) is 13.0 Å². The number of aliphatic hydroxyl groups excluding tert-OH is 1. The Balaban J connectivity index is 1.48. The van der Waals surface area contributed by atoms with Crippen LogP contribution in [0, 0.1) is 11.6 Å². The van der Waals surface area contributed by atoms with Crippen LogP contribution in [0.5, 0.6) is 0 Å². The second kappa shape index (κ2) is 11.6. The van der Waals surface area contributed by atoms with Crippen molar-refractivity contribution >= 4 is 28.4 Å². The van der Waals surface area contributed by atoms with Crippen LogP contribution in [-0.2, 0) is 19.4 Å². The monoisotopic (exact) mass is 511 g/mol. The van der Waals surface area contributed by atoms with Crippen molar-refractivity contribution in [3.05, 3.63) is 106 Å². The number of benzene rings is 3. The van der Waals surface area contributed by atoms with Crippen molar-refractivity contribution in [3.8, 4) is 0 Å². The molecule has 188 valence electrons. The molecule has 1 heterocycles. The number of aromatic nitrogens is 1. The van der Waals surface area contributed by atoms with Crippen molar-refractivity contribution in [1.29, 1.82) is 0 Å². The zero-order valence-electron chi connectivity index (χ0n) is 19.8. The normalized spacial score (nSPS) is 13.0. The molecule has 3 aromatic carbocycles. The van der Waals surface area contributed by atoms with Gasteiger partial charge in [0.1, 0.15) is 17.3 Å². The first-order chi connectivity index (χ1) is 17.3. The minimum atomic E-state index is -1.02. The third-order valence-electron chi connectivity index (χ3n) is 6.07. The smallest absolute Gasteiger partial charge is 0.268 e. The number of carbonyl (C=O) groups is 1. The number of halogens is 3. The topological polar surface area (TPSA) is 77.2 Å². The lowest BCUT2D eigenvalue weighted by atomic mass is 10.00. The van der Waals surface area contributed by atoms with Gasteiger partial charge < -0.3 is 20.7 Å². The highest BCUT2D eigenvalue weighted by Crippen LogP contribution is 2.20. The molecule has 4 aromatic rings. The predicted octanol–water partition coefficient (Wildman–Crippen LogP) is 5.15. The first kappa shape index (κ1) is 25.8. The third-order valence-corrected chi connectivity index (χ3v) is 6.31. The molecule has 0 aliphatic rings. The highest BCUT2D eigenvalue weighted by Gasteiger charge is 2.24. The van der Waals surface area contributed by atoms with Crippen molar-refractivity contribution in [2.24, 2.45) is 0 Å². The van der Waals surface area contributed by atoms with Crippen LogP contribution in [0.25, 0.3) is 10.9 Å². The Hall–Kier alpha value is -3.26. The number of nitrogens with one attached hydrogen (secondary N) is 3. The van der Waals surface area contributed by atoms with Crippen molar-refractivity contribution in [3.63, 3.8) is 0 Å². The van der Waals surface area contributed by atoms with Gasteiger partial charge in [0.05, 0.1) is 12.1 Å². The van der Waals surface area contributed by atoms with E-state index in [1.807, 2.05) is 12.1 Å². The average molecular weight is 512 g/mol. The van der Waals surface area contributed by atoms with Crippen LogP contribution >= 0.6 is 11.6 Å². The Morgan fingerprint density at radius 3 is 2.50 bits per heavy atom. The molecule has 5 nitrogen and oxygen atoms in total. The molecule has 4 rings (SSSR count). The van der Waals surface area contributed by atoms with E-state index in [4.69, 9.17) is 11.6 Å². The van der Waals surface area contributed by atoms with Gasteiger partial charge in [0, 0.05) is 35.1 Å². The number of hydrogen-bond acceptors (Lipinski definition) is 3. The highest BCUT2D eigenvalue weighted by molar-refractivity contribution is 6.31. The van der Waals surface area contributed by atoms with E-state index >= 15 is 0 Å². The van der Waals surface area contributed by atoms with Crippen molar-refractivity contribution < 1.29 is 18.7 Å². The van der Waals surface area contributed by atoms with Gasteiger partial charge >= 0.3 is 0 Å². The summed E-state index contributed by atoms with van der Waals surface area (Å²) in [5, 5.41) is 18.3. The number of carbonyl (C=O) groups excluding carboxylic acids is 1. The van der Waals surface area contributed by atoms with E-state index in [1.165, 1.54) is 17.7 Å². The van der Waals surface area contributed by atoms with Crippen molar-refractivity contribution in [2.75, 3.05) is 6.54 Å². The molecule has 2 atom stereocenters. The average Bonchev–Trinajstić information content (AvgIpc) is 3.26. The van der Waals surface area contributed by atoms with E-state index in [9.17, 15) is 18.7 Å². The Morgan fingerprint density at radius 2 is 1.75 bits per heavy atom. The number of aryl methyl sites for hydroxylation is 1. The number of amides is 1. The van der Waals surface area contributed by atoms with E-state index in [0.29, 0.717) is 28.3 Å². The number of aromatic amines is 1. The van der Waals surface area contributed by atoms with Gasteiger partial charge in [-0.15, -0.1) is 0 Å². The number of fused-ring (bicyclic) bond motifs is 1. The number of aliphatic hydroxyl groups is 1. The largest absolute Gasteiger partial charge is 0.390 e. The van der Waals surface area contributed by atoms with Crippen LogP contribution in [0.4, 0.5) is 8.78 Å². The van der Waals surface area contributed by atoms with Gasteiger partial charge in [0.2, 0.25) is 0 Å². The quantitative estimate of drug-likeness (QED) is 0.238. The van der Waals surface area contributed by atoms with Crippen molar-refractivity contribution in [2.45, 2.75) is 38.5 Å². The Bertz CT molecular complexity index is 1340. The Morgan fingerprint density at radius 1 is 1.00 bits per heavy atom. The summed E-state index contributed by atoms with van der Waals surface area (Å²) in [6.07, 6.45) is -0.0523. The van der Waals surface area contributed by atoms with E-state index in [1.54, 1.807) is 24.3 Å². The van der Waals surface area contributed by atoms with Gasteiger partial charge in [-0.3, -0.25) is 4.79 Å². The molecule has 0 fully saturated rings. The fourth-order valence-electron chi connectivity index (χ4n) is 4.20. The summed E-state index contributed by atoms with van der Waals surface area (Å²) >= 11 is 6.04. The summed E-state index contributed by atoms with van der Waals surface area (Å²) in [7, 11) is 0. The molecule has 1 aromatic heterocycles. The Labute approximate surface area is 213 Å². The molecule has 4 N–H and O–H groups in total. The van der Waals surface area contributed by atoms with Crippen molar-refractivity contribution in [1.82, 2.24) is 15.6 Å². The minimum Gasteiger partial charge on any atom is -0.390 e.